The Hall–Kier alpha value is -1.71. The topological polar surface area (TPSA) is 26.3 Å². The van der Waals surface area contributed by atoms with Gasteiger partial charge in [0.15, 0.2) is 0 Å². The first kappa shape index (κ1) is 14.4. The first-order valence-electron chi connectivity index (χ1n) is 5.37. The van der Waals surface area contributed by atoms with Crippen LogP contribution in [0.4, 0.5) is 0 Å². The Kier molecular flexibility index (Phi) is 5.01. The number of carbonyl (C=O) groups is 1. The van der Waals surface area contributed by atoms with Gasteiger partial charge in [-0.1, -0.05) is 5.92 Å². The summed E-state index contributed by atoms with van der Waals surface area (Å²) in [5.41, 5.74) is 0.834. The summed E-state index contributed by atoms with van der Waals surface area (Å²) in [6.45, 7) is 5.51. The van der Waals surface area contributed by atoms with Gasteiger partial charge >= 0.3 is 5.97 Å². The quantitative estimate of drug-likeness (QED) is 0.587. The van der Waals surface area contributed by atoms with E-state index in [0.717, 1.165) is 5.56 Å². The third-order valence-corrected chi connectivity index (χ3v) is 2.03. The second-order valence-corrected chi connectivity index (χ2v) is 4.95. The van der Waals surface area contributed by atoms with E-state index >= 15 is 0 Å². The lowest BCUT2D eigenvalue weighted by Crippen LogP contribution is -2.23. The van der Waals surface area contributed by atoms with Gasteiger partial charge in [-0.15, -0.1) is 0 Å². The maximum absolute atomic E-state index is 11.7. The summed E-state index contributed by atoms with van der Waals surface area (Å²) in [6.07, 6.45) is 0. The summed E-state index contributed by atoms with van der Waals surface area (Å²) in [5.74, 6) is 7.77. The van der Waals surface area contributed by atoms with Crippen LogP contribution in [0, 0.1) is 22.6 Å². The molecule has 92 valence electrons. The van der Waals surface area contributed by atoms with Crippen LogP contribution in [0.1, 0.15) is 36.7 Å². The van der Waals surface area contributed by atoms with Crippen molar-refractivity contribution in [1.82, 2.24) is 0 Å². The van der Waals surface area contributed by atoms with Crippen LogP contribution in [-0.2, 0) is 4.74 Å². The largest absolute Gasteiger partial charge is 0.456 e. The fourth-order valence-electron chi connectivity index (χ4n) is 1.15. The Morgan fingerprint density at radius 3 is 2.28 bits per heavy atom. The van der Waals surface area contributed by atoms with E-state index in [1.165, 1.54) is 0 Å². The number of esters is 1. The predicted molar refractivity (Wildman–Crippen MR) is 75.2 cm³/mol. The highest BCUT2D eigenvalue weighted by Gasteiger charge is 2.17. The molecule has 0 N–H and O–H groups in total. The molecular formula is C15H13BrO2. The van der Waals surface area contributed by atoms with Crippen molar-refractivity contribution in [2.75, 3.05) is 0 Å². The molecule has 1 rings (SSSR count). The number of rotatable bonds is 1. The van der Waals surface area contributed by atoms with Crippen LogP contribution in [0.15, 0.2) is 24.3 Å². The van der Waals surface area contributed by atoms with Crippen LogP contribution in [-0.4, -0.2) is 11.6 Å². The summed E-state index contributed by atoms with van der Waals surface area (Å²) in [4.78, 5) is 14.3. The van der Waals surface area contributed by atoms with E-state index in [9.17, 15) is 4.79 Å². The molecule has 0 amide bonds. The number of carbonyl (C=O) groups excluding carboxylic acids is 1. The predicted octanol–water partition coefficient (Wildman–Crippen LogP) is 3.35. The smallest absolute Gasteiger partial charge is 0.338 e. The fraction of sp³-hybridized carbons (Fsp3) is 0.267. The zero-order valence-corrected chi connectivity index (χ0v) is 12.1. The molecule has 18 heavy (non-hydrogen) atoms. The van der Waals surface area contributed by atoms with Gasteiger partial charge in [0, 0.05) is 21.5 Å². The molecule has 0 bridgehead atoms. The minimum Gasteiger partial charge on any atom is -0.456 e. The summed E-state index contributed by atoms with van der Waals surface area (Å²) < 4.78 is 5.26. The third kappa shape index (κ3) is 5.08. The molecule has 0 heterocycles. The van der Waals surface area contributed by atoms with Gasteiger partial charge in [-0.25, -0.2) is 4.79 Å². The van der Waals surface area contributed by atoms with Crippen molar-refractivity contribution in [3.8, 4) is 22.6 Å². The highest BCUT2D eigenvalue weighted by atomic mass is 79.9. The molecule has 0 unspecified atom stereocenters. The monoisotopic (exact) mass is 304 g/mol. The van der Waals surface area contributed by atoms with Gasteiger partial charge in [0.25, 0.3) is 0 Å². The van der Waals surface area contributed by atoms with Crippen LogP contribution >= 0.6 is 15.9 Å². The number of ether oxygens (including phenoxy) is 1. The van der Waals surface area contributed by atoms with Crippen LogP contribution in [0.5, 0.6) is 0 Å². The molecule has 0 saturated carbocycles. The van der Waals surface area contributed by atoms with Gasteiger partial charge in [-0.05, 0) is 61.7 Å². The summed E-state index contributed by atoms with van der Waals surface area (Å²) >= 11 is 2.96. The molecule has 0 saturated heterocycles. The summed E-state index contributed by atoms with van der Waals surface area (Å²) in [5, 5.41) is 0. The molecule has 0 fully saturated rings. The van der Waals surface area contributed by atoms with E-state index in [4.69, 9.17) is 4.74 Å². The van der Waals surface area contributed by atoms with Crippen molar-refractivity contribution in [1.29, 1.82) is 0 Å². The molecule has 2 nitrogen and oxygen atoms in total. The molecule has 0 aromatic heterocycles. The van der Waals surface area contributed by atoms with Crippen LogP contribution in [0.25, 0.3) is 0 Å². The lowest BCUT2D eigenvalue weighted by Gasteiger charge is -2.19. The fourth-order valence-corrected chi connectivity index (χ4v) is 1.25. The average molecular weight is 305 g/mol. The van der Waals surface area contributed by atoms with E-state index in [1.807, 2.05) is 20.8 Å². The van der Waals surface area contributed by atoms with Crippen molar-refractivity contribution in [3.63, 3.8) is 0 Å². The third-order valence-electron chi connectivity index (χ3n) is 1.84. The minimum atomic E-state index is -0.485. The standard InChI is InChI=1S/C15H13BrO2/c1-15(2,3)18-14(17)13-9-7-12(8-10-13)6-4-5-11-16/h7-10H,1-3H3. The van der Waals surface area contributed by atoms with Gasteiger partial charge in [0.2, 0.25) is 0 Å². The van der Waals surface area contributed by atoms with Gasteiger partial charge < -0.3 is 4.74 Å². The molecular weight excluding hydrogens is 292 g/mol. The van der Waals surface area contributed by atoms with Crippen molar-refractivity contribution in [2.45, 2.75) is 26.4 Å². The first-order chi connectivity index (χ1) is 8.42. The zero-order valence-electron chi connectivity index (χ0n) is 10.5. The van der Waals surface area contributed by atoms with Gasteiger partial charge in [0.05, 0.1) is 5.56 Å². The highest BCUT2D eigenvalue weighted by molar-refractivity contribution is 9.12. The van der Waals surface area contributed by atoms with Gasteiger partial charge in [-0.2, -0.15) is 0 Å². The Bertz CT molecular complexity index is 543. The molecule has 0 radical (unpaired) electrons. The molecule has 0 aliphatic heterocycles. The van der Waals surface area contributed by atoms with E-state index in [-0.39, 0.29) is 5.97 Å². The van der Waals surface area contributed by atoms with Crippen LogP contribution in [0.3, 0.4) is 0 Å². The maximum atomic E-state index is 11.7. The SMILES string of the molecule is CC(C)(C)OC(=O)c1ccc(C#CC#CBr)cc1. The van der Waals surface area contributed by atoms with E-state index in [1.54, 1.807) is 24.3 Å². The molecule has 0 spiro atoms. The molecule has 0 aliphatic rings. The molecule has 0 atom stereocenters. The first-order valence-corrected chi connectivity index (χ1v) is 6.17. The van der Waals surface area contributed by atoms with Crippen LogP contribution < -0.4 is 0 Å². The van der Waals surface area contributed by atoms with Crippen molar-refractivity contribution in [3.05, 3.63) is 35.4 Å². The minimum absolute atomic E-state index is 0.331. The van der Waals surface area contributed by atoms with E-state index < -0.39 is 5.60 Å². The molecule has 0 aliphatic carbocycles. The molecule has 3 heteroatoms. The summed E-state index contributed by atoms with van der Waals surface area (Å²) in [7, 11) is 0. The zero-order chi connectivity index (χ0) is 13.6. The Balaban J connectivity index is 2.80. The lowest BCUT2D eigenvalue weighted by atomic mass is 10.1. The molecule has 1 aromatic rings. The van der Waals surface area contributed by atoms with Crippen molar-refractivity contribution < 1.29 is 9.53 Å². The number of halogens is 1. The van der Waals surface area contributed by atoms with Gasteiger partial charge in [0.1, 0.15) is 5.60 Å². The summed E-state index contributed by atoms with van der Waals surface area (Å²) in [6, 6.07) is 6.92. The average Bonchev–Trinajstić information content (AvgIpc) is 2.28. The Morgan fingerprint density at radius 2 is 1.78 bits per heavy atom. The second-order valence-electron chi connectivity index (χ2n) is 4.55. The van der Waals surface area contributed by atoms with Crippen LogP contribution in [0.2, 0.25) is 0 Å². The van der Waals surface area contributed by atoms with Gasteiger partial charge in [-0.3, -0.25) is 0 Å². The van der Waals surface area contributed by atoms with E-state index in [2.05, 4.69) is 38.5 Å². The maximum Gasteiger partial charge on any atom is 0.338 e. The lowest BCUT2D eigenvalue weighted by molar-refractivity contribution is 0.00696. The number of benzene rings is 1. The Labute approximate surface area is 116 Å². The highest BCUT2D eigenvalue weighted by Crippen LogP contribution is 2.12. The van der Waals surface area contributed by atoms with Crippen molar-refractivity contribution >= 4 is 21.9 Å². The van der Waals surface area contributed by atoms with Crippen molar-refractivity contribution in [2.24, 2.45) is 0 Å². The Morgan fingerprint density at radius 1 is 1.17 bits per heavy atom. The van der Waals surface area contributed by atoms with E-state index in [0.29, 0.717) is 5.56 Å². The number of hydrogen-bond donors (Lipinski definition) is 0. The normalized spacial score (nSPS) is 9.56. The molecule has 1 aromatic carbocycles. The number of hydrogen-bond acceptors (Lipinski definition) is 2. The second kappa shape index (κ2) is 6.28.